The zero-order valence-corrected chi connectivity index (χ0v) is 20.4. The Balaban J connectivity index is 1.26. The molecule has 11 heteroatoms. The molecular formula is C25H30N6O5. The lowest BCUT2D eigenvalue weighted by Gasteiger charge is -2.38. The first-order valence-electron chi connectivity index (χ1n) is 12.2. The Hall–Kier alpha value is -3.60. The van der Waals surface area contributed by atoms with Gasteiger partial charge in [-0.1, -0.05) is 25.1 Å². The minimum absolute atomic E-state index is 0.108. The first-order valence-corrected chi connectivity index (χ1v) is 12.2. The summed E-state index contributed by atoms with van der Waals surface area (Å²) in [5.74, 6) is -1.49. The van der Waals surface area contributed by atoms with Gasteiger partial charge in [-0.05, 0) is 49.7 Å². The van der Waals surface area contributed by atoms with Crippen molar-refractivity contribution in [3.8, 4) is 0 Å². The van der Waals surface area contributed by atoms with Gasteiger partial charge in [0.2, 0.25) is 17.7 Å². The number of piperidine rings is 1. The summed E-state index contributed by atoms with van der Waals surface area (Å²) in [5.41, 5.74) is 1.14. The summed E-state index contributed by atoms with van der Waals surface area (Å²) in [6, 6.07) is 4.32. The summed E-state index contributed by atoms with van der Waals surface area (Å²) in [6.45, 7) is 4.42. The standard InChI is InChI=1S/C25H30N6O5/c1-24(2)8-10-25(36,11-9-24)19-13-30(29-28-19)14-21(33)26-17-5-3-4-15-16(17)12-31(23(15)35)18-6-7-20(32)27-22(18)34/h3-5,13,18,36H,6-12,14H2,1-2H3,(H,26,33)(H,27,32,34). The number of amides is 4. The quantitative estimate of drug-likeness (QED) is 0.533. The van der Waals surface area contributed by atoms with Gasteiger partial charge >= 0.3 is 0 Å². The molecule has 5 rings (SSSR count). The van der Waals surface area contributed by atoms with E-state index in [0.717, 1.165) is 12.8 Å². The molecule has 1 unspecified atom stereocenters. The third-order valence-corrected chi connectivity index (χ3v) is 7.61. The topological polar surface area (TPSA) is 147 Å². The molecule has 4 amide bonds. The van der Waals surface area contributed by atoms with E-state index in [1.54, 1.807) is 24.4 Å². The lowest BCUT2D eigenvalue weighted by molar-refractivity contribution is -0.137. The number of fused-ring (bicyclic) bond motifs is 1. The fourth-order valence-electron chi connectivity index (χ4n) is 5.23. The zero-order valence-electron chi connectivity index (χ0n) is 20.4. The lowest BCUT2D eigenvalue weighted by atomic mass is 9.70. The van der Waals surface area contributed by atoms with Crippen molar-refractivity contribution in [3.05, 3.63) is 41.2 Å². The van der Waals surface area contributed by atoms with Crippen molar-refractivity contribution < 1.29 is 24.3 Å². The van der Waals surface area contributed by atoms with E-state index in [9.17, 15) is 24.3 Å². The number of carbonyl (C=O) groups excluding carboxylic acids is 4. The number of benzene rings is 1. The minimum Gasteiger partial charge on any atom is -0.383 e. The van der Waals surface area contributed by atoms with Gasteiger partial charge in [-0.2, -0.15) is 0 Å². The van der Waals surface area contributed by atoms with Gasteiger partial charge in [0.25, 0.3) is 5.91 Å². The Labute approximate surface area is 208 Å². The first kappa shape index (κ1) is 24.1. The van der Waals surface area contributed by atoms with Gasteiger partial charge in [0, 0.05) is 29.8 Å². The van der Waals surface area contributed by atoms with Crippen LogP contribution in [0.5, 0.6) is 0 Å². The molecule has 11 nitrogen and oxygen atoms in total. The number of rotatable bonds is 5. The highest BCUT2D eigenvalue weighted by Crippen LogP contribution is 2.44. The highest BCUT2D eigenvalue weighted by atomic mass is 16.3. The fraction of sp³-hybridized carbons (Fsp3) is 0.520. The van der Waals surface area contributed by atoms with Gasteiger partial charge in [0.15, 0.2) is 0 Å². The number of anilines is 1. The number of hydrogen-bond acceptors (Lipinski definition) is 7. The average Bonchev–Trinajstić information content (AvgIpc) is 3.42. The van der Waals surface area contributed by atoms with Gasteiger partial charge in [-0.25, -0.2) is 4.68 Å². The van der Waals surface area contributed by atoms with Gasteiger partial charge in [-0.15, -0.1) is 5.10 Å². The molecule has 1 aromatic carbocycles. The van der Waals surface area contributed by atoms with Gasteiger partial charge < -0.3 is 15.3 Å². The van der Waals surface area contributed by atoms with E-state index in [2.05, 4.69) is 34.8 Å². The molecule has 2 aliphatic heterocycles. The maximum absolute atomic E-state index is 13.0. The van der Waals surface area contributed by atoms with E-state index in [1.165, 1.54) is 9.58 Å². The second-order valence-corrected chi connectivity index (χ2v) is 10.8. The molecule has 3 heterocycles. The van der Waals surface area contributed by atoms with Gasteiger partial charge in [0.05, 0.1) is 6.20 Å². The molecule has 0 radical (unpaired) electrons. The molecule has 2 fully saturated rings. The van der Waals surface area contributed by atoms with Crippen LogP contribution in [0.15, 0.2) is 24.4 Å². The number of imide groups is 1. The van der Waals surface area contributed by atoms with E-state index in [1.807, 2.05) is 0 Å². The summed E-state index contributed by atoms with van der Waals surface area (Å²) < 4.78 is 1.40. The Morgan fingerprint density at radius 3 is 2.67 bits per heavy atom. The van der Waals surface area contributed by atoms with Crippen LogP contribution in [-0.4, -0.2) is 54.7 Å². The lowest BCUT2D eigenvalue weighted by Crippen LogP contribution is -2.52. The Morgan fingerprint density at radius 2 is 1.94 bits per heavy atom. The van der Waals surface area contributed by atoms with Crippen molar-refractivity contribution in [2.24, 2.45) is 5.41 Å². The fourth-order valence-corrected chi connectivity index (χ4v) is 5.23. The summed E-state index contributed by atoms with van der Waals surface area (Å²) in [7, 11) is 0. The number of aliphatic hydroxyl groups is 1. The van der Waals surface area contributed by atoms with Crippen molar-refractivity contribution in [2.45, 2.75) is 77.1 Å². The number of aromatic nitrogens is 3. The van der Waals surface area contributed by atoms with Gasteiger partial charge in [0.1, 0.15) is 23.9 Å². The van der Waals surface area contributed by atoms with Crippen LogP contribution in [0, 0.1) is 5.41 Å². The third-order valence-electron chi connectivity index (χ3n) is 7.61. The van der Waals surface area contributed by atoms with Crippen molar-refractivity contribution in [1.29, 1.82) is 0 Å². The molecule has 1 saturated heterocycles. The maximum atomic E-state index is 13.0. The molecule has 1 atom stereocenters. The molecule has 0 spiro atoms. The summed E-state index contributed by atoms with van der Waals surface area (Å²) in [6.07, 6.45) is 5.01. The highest BCUT2D eigenvalue weighted by Gasteiger charge is 2.41. The third kappa shape index (κ3) is 4.50. The van der Waals surface area contributed by atoms with Crippen LogP contribution in [0.3, 0.4) is 0 Å². The minimum atomic E-state index is -1.04. The molecule has 2 aromatic rings. The van der Waals surface area contributed by atoms with E-state index >= 15 is 0 Å². The molecule has 1 aliphatic carbocycles. The zero-order chi connectivity index (χ0) is 25.7. The van der Waals surface area contributed by atoms with Crippen LogP contribution in [0.25, 0.3) is 0 Å². The number of nitrogens with zero attached hydrogens (tertiary/aromatic N) is 4. The molecule has 36 heavy (non-hydrogen) atoms. The molecule has 0 bridgehead atoms. The summed E-state index contributed by atoms with van der Waals surface area (Å²) in [5, 5.41) is 24.3. The van der Waals surface area contributed by atoms with E-state index < -0.39 is 17.6 Å². The number of hydrogen-bond donors (Lipinski definition) is 3. The number of carbonyl (C=O) groups is 4. The summed E-state index contributed by atoms with van der Waals surface area (Å²) in [4.78, 5) is 51.0. The largest absolute Gasteiger partial charge is 0.383 e. The summed E-state index contributed by atoms with van der Waals surface area (Å²) >= 11 is 0. The van der Waals surface area contributed by atoms with E-state index in [0.29, 0.717) is 35.3 Å². The number of nitrogens with one attached hydrogen (secondary N) is 2. The maximum Gasteiger partial charge on any atom is 0.255 e. The Bertz CT molecular complexity index is 1240. The molecule has 1 saturated carbocycles. The van der Waals surface area contributed by atoms with Crippen LogP contribution in [0.2, 0.25) is 0 Å². The predicted octanol–water partition coefficient (Wildman–Crippen LogP) is 1.47. The van der Waals surface area contributed by atoms with Gasteiger partial charge in [-0.3, -0.25) is 24.5 Å². The monoisotopic (exact) mass is 494 g/mol. The molecule has 3 aliphatic rings. The van der Waals surface area contributed by atoms with Crippen molar-refractivity contribution >= 4 is 29.3 Å². The van der Waals surface area contributed by atoms with E-state index in [4.69, 9.17) is 0 Å². The second-order valence-electron chi connectivity index (χ2n) is 10.8. The van der Waals surface area contributed by atoms with Crippen LogP contribution in [-0.2, 0) is 33.1 Å². The molecular weight excluding hydrogens is 464 g/mol. The highest BCUT2D eigenvalue weighted by molar-refractivity contribution is 6.06. The van der Waals surface area contributed by atoms with E-state index in [-0.39, 0.29) is 49.1 Å². The Kier molecular flexibility index (Phi) is 5.90. The first-order chi connectivity index (χ1) is 17.0. The Morgan fingerprint density at radius 1 is 1.19 bits per heavy atom. The molecule has 3 N–H and O–H groups in total. The normalized spacial score (nSPS) is 22.8. The van der Waals surface area contributed by atoms with Crippen LogP contribution >= 0.6 is 0 Å². The van der Waals surface area contributed by atoms with Crippen LogP contribution < -0.4 is 10.6 Å². The van der Waals surface area contributed by atoms with Crippen molar-refractivity contribution in [2.75, 3.05) is 5.32 Å². The SMILES string of the molecule is CC1(C)CCC(O)(c2cn(CC(=O)Nc3cccc4c3CN(C3CCC(=O)NC3=O)C4=O)nn2)CC1. The van der Waals surface area contributed by atoms with Crippen molar-refractivity contribution in [3.63, 3.8) is 0 Å². The van der Waals surface area contributed by atoms with Crippen molar-refractivity contribution in [1.82, 2.24) is 25.2 Å². The predicted molar refractivity (Wildman–Crippen MR) is 127 cm³/mol. The molecule has 190 valence electrons. The average molecular weight is 495 g/mol. The van der Waals surface area contributed by atoms with Crippen LogP contribution in [0.1, 0.15) is 74.0 Å². The smallest absolute Gasteiger partial charge is 0.255 e. The molecule has 1 aromatic heterocycles. The van der Waals surface area contributed by atoms with Crippen LogP contribution in [0.4, 0.5) is 5.69 Å². The second kappa shape index (κ2) is 8.81.